The van der Waals surface area contributed by atoms with Crippen molar-refractivity contribution in [2.24, 2.45) is 11.8 Å². The van der Waals surface area contributed by atoms with Crippen LogP contribution in [0.15, 0.2) is 83.8 Å². The van der Waals surface area contributed by atoms with Crippen LogP contribution in [0.25, 0.3) is 0 Å². The molecule has 0 atom stereocenters. The van der Waals surface area contributed by atoms with Crippen molar-refractivity contribution in [1.82, 2.24) is 10.2 Å². The van der Waals surface area contributed by atoms with Gasteiger partial charge in [-0.25, -0.2) is 13.2 Å². The van der Waals surface area contributed by atoms with Gasteiger partial charge in [-0.1, -0.05) is 68.5 Å². The smallest absolute Gasteiger partial charge is 0.322 e. The molecule has 48 heavy (non-hydrogen) atoms. The molecular formula is C37H46N4O6S. The zero-order chi connectivity index (χ0) is 34.1. The van der Waals surface area contributed by atoms with Crippen molar-refractivity contribution >= 4 is 39.3 Å². The molecule has 2 saturated carbocycles. The molecule has 10 nitrogen and oxygen atoms in total. The van der Waals surface area contributed by atoms with Crippen molar-refractivity contribution < 1.29 is 27.9 Å². The van der Waals surface area contributed by atoms with Crippen molar-refractivity contribution in [2.75, 3.05) is 23.2 Å². The second-order valence-electron chi connectivity index (χ2n) is 13.0. The average Bonchev–Trinajstić information content (AvgIpc) is 3.11. The highest BCUT2D eigenvalue weighted by Crippen LogP contribution is 2.39. The summed E-state index contributed by atoms with van der Waals surface area (Å²) < 4.78 is 28.2. The Labute approximate surface area is 283 Å². The van der Waals surface area contributed by atoms with E-state index in [-0.39, 0.29) is 35.8 Å². The molecule has 3 amide bonds. The summed E-state index contributed by atoms with van der Waals surface area (Å²) in [6.45, 7) is 0.360. The molecule has 11 heteroatoms. The van der Waals surface area contributed by atoms with Gasteiger partial charge < -0.3 is 20.6 Å². The topological polar surface area (TPSA) is 136 Å². The van der Waals surface area contributed by atoms with E-state index in [0.29, 0.717) is 29.4 Å². The van der Waals surface area contributed by atoms with Crippen molar-refractivity contribution in [1.29, 1.82) is 0 Å². The third-order valence-corrected chi connectivity index (χ3v) is 11.6. The van der Waals surface area contributed by atoms with E-state index in [4.69, 9.17) is 5.11 Å². The van der Waals surface area contributed by atoms with Crippen LogP contribution in [0.3, 0.4) is 0 Å². The SMILES string of the molecule is CN(c1ccccc1)S(=O)(=O)c1cccc(NC(=O)N(Cc2ccc(C(=O)NCCC(=O)O)cc2)C2CCC(C3CCCCC3)CC2)c1. The normalized spacial score (nSPS) is 18.4. The number of sulfonamides is 1. The number of anilines is 2. The number of carbonyl (C=O) groups is 3. The molecular weight excluding hydrogens is 628 g/mol. The van der Waals surface area contributed by atoms with Crippen molar-refractivity contribution in [3.05, 3.63) is 90.0 Å². The molecule has 2 fully saturated rings. The Morgan fingerprint density at radius 1 is 0.812 bits per heavy atom. The first-order valence-corrected chi connectivity index (χ1v) is 18.4. The van der Waals surface area contributed by atoms with E-state index in [9.17, 15) is 22.8 Å². The van der Waals surface area contributed by atoms with Gasteiger partial charge in [-0.05, 0) is 85.5 Å². The minimum Gasteiger partial charge on any atom is -0.481 e. The number of nitrogens with one attached hydrogen (secondary N) is 2. The highest BCUT2D eigenvalue weighted by Gasteiger charge is 2.33. The zero-order valence-corrected chi connectivity index (χ0v) is 28.3. The molecule has 3 aromatic carbocycles. The van der Waals surface area contributed by atoms with Gasteiger partial charge in [0.05, 0.1) is 17.0 Å². The first kappa shape index (κ1) is 34.9. The lowest BCUT2D eigenvalue weighted by molar-refractivity contribution is -0.136. The lowest BCUT2D eigenvalue weighted by Crippen LogP contribution is -2.44. The maximum atomic E-state index is 14.0. The van der Waals surface area contributed by atoms with Crippen LogP contribution in [0, 0.1) is 11.8 Å². The van der Waals surface area contributed by atoms with Gasteiger partial charge in [0.1, 0.15) is 0 Å². The van der Waals surface area contributed by atoms with Gasteiger partial charge in [-0.2, -0.15) is 0 Å². The van der Waals surface area contributed by atoms with Crippen molar-refractivity contribution in [3.63, 3.8) is 0 Å². The van der Waals surface area contributed by atoms with Crippen LogP contribution in [0.1, 0.15) is 80.1 Å². The van der Waals surface area contributed by atoms with E-state index in [2.05, 4.69) is 10.6 Å². The standard InChI is InChI=1S/C37H46N4O6S/c1-40(32-12-6-3-7-13-32)48(46,47)34-14-8-11-31(25-34)39-37(45)41(33-21-19-29(20-22-33)28-9-4-2-5-10-28)26-27-15-17-30(18-16-27)36(44)38-24-23-35(42)43/h3,6-8,11-18,25,28-29,33H,2,4-5,9-10,19-24,26H2,1H3,(H,38,44)(H,39,45)(H,42,43). The molecule has 0 aromatic heterocycles. The van der Waals surface area contributed by atoms with Crippen LogP contribution < -0.4 is 14.9 Å². The predicted octanol–water partition coefficient (Wildman–Crippen LogP) is 6.89. The summed E-state index contributed by atoms with van der Waals surface area (Å²) in [7, 11) is -2.37. The van der Waals surface area contributed by atoms with Gasteiger partial charge in [0.15, 0.2) is 0 Å². The number of rotatable bonds is 12. The summed E-state index contributed by atoms with van der Waals surface area (Å²) in [5.41, 5.74) is 2.18. The number of carbonyl (C=O) groups excluding carboxylic acids is 2. The monoisotopic (exact) mass is 674 g/mol. The first-order chi connectivity index (χ1) is 23.1. The third kappa shape index (κ3) is 8.94. The number of nitrogens with zero attached hydrogens (tertiary/aromatic N) is 2. The van der Waals surface area contributed by atoms with Crippen molar-refractivity contribution in [2.45, 2.75) is 81.7 Å². The minimum absolute atomic E-state index is 0.0139. The lowest BCUT2D eigenvalue weighted by Gasteiger charge is -2.40. The van der Waals surface area contributed by atoms with E-state index in [0.717, 1.165) is 37.2 Å². The van der Waals surface area contributed by atoms with Gasteiger partial charge in [0, 0.05) is 37.4 Å². The first-order valence-electron chi connectivity index (χ1n) is 16.9. The Balaban J connectivity index is 1.31. The van der Waals surface area contributed by atoms with Gasteiger partial charge in [0.25, 0.3) is 15.9 Å². The molecule has 0 unspecified atom stereocenters. The molecule has 0 radical (unpaired) electrons. The minimum atomic E-state index is -3.87. The van der Waals surface area contributed by atoms with Crippen LogP contribution >= 0.6 is 0 Å². The largest absolute Gasteiger partial charge is 0.481 e. The quantitative estimate of drug-likeness (QED) is 0.192. The second-order valence-corrected chi connectivity index (χ2v) is 14.9. The van der Waals surface area contributed by atoms with Crippen LogP contribution in [0.2, 0.25) is 0 Å². The summed E-state index contributed by atoms with van der Waals surface area (Å²) in [6, 6.07) is 21.8. The number of carboxylic acid groups (broad SMARTS) is 1. The molecule has 0 spiro atoms. The zero-order valence-electron chi connectivity index (χ0n) is 27.5. The molecule has 5 rings (SSSR count). The molecule has 3 aromatic rings. The maximum Gasteiger partial charge on any atom is 0.322 e. The van der Waals surface area contributed by atoms with E-state index >= 15 is 0 Å². The number of hydrogen-bond donors (Lipinski definition) is 3. The molecule has 3 N–H and O–H groups in total. The second kappa shape index (κ2) is 16.1. The van der Waals surface area contributed by atoms with Gasteiger partial charge >= 0.3 is 12.0 Å². The molecule has 2 aliphatic carbocycles. The Morgan fingerprint density at radius 3 is 2.15 bits per heavy atom. The maximum absolute atomic E-state index is 14.0. The molecule has 0 aliphatic heterocycles. The Hall–Kier alpha value is -4.38. The Kier molecular flexibility index (Phi) is 11.8. The number of urea groups is 1. The van der Waals surface area contributed by atoms with Crippen LogP contribution in [-0.4, -0.2) is 56.0 Å². The summed E-state index contributed by atoms with van der Waals surface area (Å²) in [4.78, 5) is 39.2. The molecule has 0 heterocycles. The number of aliphatic carboxylic acids is 1. The Bertz CT molecular complexity index is 1650. The van der Waals surface area contributed by atoms with Crippen LogP contribution in [0.5, 0.6) is 0 Å². The predicted molar refractivity (Wildman–Crippen MR) is 186 cm³/mol. The summed E-state index contributed by atoms with van der Waals surface area (Å²) in [5.74, 6) is 0.125. The molecule has 0 bridgehead atoms. The van der Waals surface area contributed by atoms with E-state index in [1.54, 1.807) is 48.5 Å². The Morgan fingerprint density at radius 2 is 1.48 bits per heavy atom. The number of hydrogen-bond acceptors (Lipinski definition) is 5. The molecule has 256 valence electrons. The number of para-hydroxylation sites is 1. The summed E-state index contributed by atoms with van der Waals surface area (Å²) in [6.07, 6.45) is 10.3. The number of benzene rings is 3. The number of carboxylic acids is 1. The average molecular weight is 675 g/mol. The molecule has 2 aliphatic rings. The summed E-state index contributed by atoms with van der Waals surface area (Å²) >= 11 is 0. The van der Waals surface area contributed by atoms with E-state index in [1.807, 2.05) is 23.1 Å². The fourth-order valence-electron chi connectivity index (χ4n) is 7.06. The van der Waals surface area contributed by atoms with E-state index < -0.39 is 16.0 Å². The van der Waals surface area contributed by atoms with Crippen LogP contribution in [-0.2, 0) is 21.4 Å². The fourth-order valence-corrected chi connectivity index (χ4v) is 8.31. The highest BCUT2D eigenvalue weighted by atomic mass is 32.2. The van der Waals surface area contributed by atoms with Gasteiger partial charge in [-0.15, -0.1) is 0 Å². The molecule has 0 saturated heterocycles. The van der Waals surface area contributed by atoms with Gasteiger partial charge in [-0.3, -0.25) is 13.9 Å². The highest BCUT2D eigenvalue weighted by molar-refractivity contribution is 7.92. The van der Waals surface area contributed by atoms with Gasteiger partial charge in [0.2, 0.25) is 0 Å². The third-order valence-electron chi connectivity index (χ3n) is 9.82. The summed E-state index contributed by atoms with van der Waals surface area (Å²) in [5, 5.41) is 14.4. The van der Waals surface area contributed by atoms with E-state index in [1.165, 1.54) is 55.6 Å². The lowest BCUT2D eigenvalue weighted by atomic mass is 9.72. The van der Waals surface area contributed by atoms with Crippen molar-refractivity contribution in [3.8, 4) is 0 Å². The number of amides is 3. The fraction of sp³-hybridized carbons (Fsp3) is 0.432. The van der Waals surface area contributed by atoms with Crippen LogP contribution in [0.4, 0.5) is 16.2 Å².